The number of hydrogen-bond donors (Lipinski definition) is 1. The first-order valence-electron chi connectivity index (χ1n) is 7.07. The maximum atomic E-state index is 4.57. The molecule has 1 N–H and O–H groups in total. The molecule has 2 heterocycles. The van der Waals surface area contributed by atoms with Crippen LogP contribution in [0.1, 0.15) is 44.0 Å². The molecule has 2 aromatic heterocycles. The second-order valence-corrected chi connectivity index (χ2v) is 6.40. The second-order valence-electron chi connectivity index (χ2n) is 5.45. The van der Waals surface area contributed by atoms with Crippen LogP contribution in [0, 0.1) is 0 Å². The number of rotatable bonds is 6. The fourth-order valence-electron chi connectivity index (χ4n) is 2.06. The van der Waals surface area contributed by atoms with Crippen LogP contribution in [0.25, 0.3) is 0 Å². The summed E-state index contributed by atoms with van der Waals surface area (Å²) in [6.45, 7) is 9.42. The predicted molar refractivity (Wildman–Crippen MR) is 84.4 cm³/mol. The standard InChI is InChI=1S/C15H22N4S/c1-5-11-12(6-2)18-19-14(17-11)16-10-15(3,4)13-8-7-9-20-13/h7-9H,5-6,10H2,1-4H3,(H,16,17,19). The molecule has 0 amide bonds. The molecule has 0 aliphatic heterocycles. The number of hydrogen-bond acceptors (Lipinski definition) is 5. The van der Waals surface area contributed by atoms with Crippen LogP contribution in [0.15, 0.2) is 17.5 Å². The van der Waals surface area contributed by atoms with Crippen LogP contribution in [0.2, 0.25) is 0 Å². The molecule has 0 fully saturated rings. The Morgan fingerprint density at radius 1 is 1.15 bits per heavy atom. The number of anilines is 1. The quantitative estimate of drug-likeness (QED) is 0.885. The van der Waals surface area contributed by atoms with E-state index in [1.807, 2.05) is 0 Å². The molecule has 0 bridgehead atoms. The van der Waals surface area contributed by atoms with Gasteiger partial charge in [-0.2, -0.15) is 5.10 Å². The van der Waals surface area contributed by atoms with Crippen LogP contribution in [0.3, 0.4) is 0 Å². The summed E-state index contributed by atoms with van der Waals surface area (Å²) in [7, 11) is 0. The van der Waals surface area contributed by atoms with E-state index in [2.05, 4.69) is 65.7 Å². The van der Waals surface area contributed by atoms with Gasteiger partial charge in [-0.3, -0.25) is 0 Å². The summed E-state index contributed by atoms with van der Waals surface area (Å²) in [5.74, 6) is 0.628. The van der Waals surface area contributed by atoms with Gasteiger partial charge in [-0.15, -0.1) is 16.4 Å². The van der Waals surface area contributed by atoms with E-state index >= 15 is 0 Å². The topological polar surface area (TPSA) is 50.7 Å². The summed E-state index contributed by atoms with van der Waals surface area (Å²) in [5, 5.41) is 13.9. The van der Waals surface area contributed by atoms with Gasteiger partial charge in [-0.25, -0.2) is 4.98 Å². The average Bonchev–Trinajstić information content (AvgIpc) is 3.00. The molecule has 0 atom stereocenters. The monoisotopic (exact) mass is 290 g/mol. The third kappa shape index (κ3) is 3.33. The number of thiophene rings is 1. The van der Waals surface area contributed by atoms with Crippen LogP contribution >= 0.6 is 11.3 Å². The van der Waals surface area contributed by atoms with Crippen molar-refractivity contribution in [3.8, 4) is 0 Å². The van der Waals surface area contributed by atoms with Gasteiger partial charge in [0.15, 0.2) is 0 Å². The largest absolute Gasteiger partial charge is 0.352 e. The first kappa shape index (κ1) is 14.9. The molecule has 5 heteroatoms. The van der Waals surface area contributed by atoms with Crippen molar-refractivity contribution in [3.63, 3.8) is 0 Å². The number of nitrogens with one attached hydrogen (secondary N) is 1. The summed E-state index contributed by atoms with van der Waals surface area (Å²) in [6.07, 6.45) is 1.77. The van der Waals surface area contributed by atoms with E-state index in [-0.39, 0.29) is 5.41 Å². The van der Waals surface area contributed by atoms with Crippen molar-refractivity contribution in [1.82, 2.24) is 15.2 Å². The van der Waals surface area contributed by atoms with Crippen LogP contribution in [-0.2, 0) is 18.3 Å². The minimum absolute atomic E-state index is 0.0628. The average molecular weight is 290 g/mol. The van der Waals surface area contributed by atoms with Crippen molar-refractivity contribution in [2.24, 2.45) is 0 Å². The molecule has 0 aromatic carbocycles. The molecular formula is C15H22N4S. The van der Waals surface area contributed by atoms with E-state index in [0.29, 0.717) is 5.95 Å². The van der Waals surface area contributed by atoms with Crippen LogP contribution < -0.4 is 5.32 Å². The van der Waals surface area contributed by atoms with Gasteiger partial charge in [0.1, 0.15) is 0 Å². The Hall–Kier alpha value is -1.49. The fourth-order valence-corrected chi connectivity index (χ4v) is 2.92. The lowest BCUT2D eigenvalue weighted by Crippen LogP contribution is -2.27. The van der Waals surface area contributed by atoms with E-state index in [4.69, 9.17) is 0 Å². The summed E-state index contributed by atoms with van der Waals surface area (Å²) in [5.41, 5.74) is 2.10. The molecule has 0 unspecified atom stereocenters. The molecule has 0 aliphatic carbocycles. The Morgan fingerprint density at radius 2 is 1.90 bits per heavy atom. The minimum Gasteiger partial charge on any atom is -0.352 e. The van der Waals surface area contributed by atoms with Gasteiger partial charge in [-0.05, 0) is 24.3 Å². The zero-order valence-corrected chi connectivity index (χ0v) is 13.4. The van der Waals surface area contributed by atoms with Crippen LogP contribution in [0.4, 0.5) is 5.95 Å². The zero-order valence-electron chi connectivity index (χ0n) is 12.6. The van der Waals surface area contributed by atoms with Gasteiger partial charge in [0.2, 0.25) is 5.95 Å². The van der Waals surface area contributed by atoms with E-state index in [0.717, 1.165) is 30.8 Å². The molecule has 0 saturated carbocycles. The highest BCUT2D eigenvalue weighted by molar-refractivity contribution is 7.10. The van der Waals surface area contributed by atoms with Crippen molar-refractivity contribution in [2.75, 3.05) is 11.9 Å². The van der Waals surface area contributed by atoms with E-state index in [1.54, 1.807) is 11.3 Å². The van der Waals surface area contributed by atoms with E-state index in [9.17, 15) is 0 Å². The zero-order chi connectivity index (χ0) is 14.6. The van der Waals surface area contributed by atoms with Gasteiger partial charge in [0, 0.05) is 16.8 Å². The number of aromatic nitrogens is 3. The Bertz CT molecular complexity index is 549. The molecule has 0 radical (unpaired) electrons. The van der Waals surface area contributed by atoms with Gasteiger partial charge in [0.05, 0.1) is 11.4 Å². The molecule has 2 rings (SSSR count). The Labute approximate surface area is 124 Å². The van der Waals surface area contributed by atoms with Crippen molar-refractivity contribution in [2.45, 2.75) is 46.0 Å². The lowest BCUT2D eigenvalue weighted by atomic mass is 9.91. The first-order valence-corrected chi connectivity index (χ1v) is 7.95. The smallest absolute Gasteiger partial charge is 0.243 e. The maximum Gasteiger partial charge on any atom is 0.243 e. The van der Waals surface area contributed by atoms with E-state index < -0.39 is 0 Å². The van der Waals surface area contributed by atoms with Crippen molar-refractivity contribution in [1.29, 1.82) is 0 Å². The molecule has 0 spiro atoms. The number of aryl methyl sites for hydroxylation is 2. The van der Waals surface area contributed by atoms with Crippen molar-refractivity contribution >= 4 is 17.3 Å². The maximum absolute atomic E-state index is 4.57. The van der Waals surface area contributed by atoms with Gasteiger partial charge in [-0.1, -0.05) is 33.8 Å². The summed E-state index contributed by atoms with van der Waals surface area (Å²) in [6, 6.07) is 4.26. The van der Waals surface area contributed by atoms with E-state index in [1.165, 1.54) is 4.88 Å². The normalized spacial score (nSPS) is 11.6. The minimum atomic E-state index is 0.0628. The number of nitrogens with zero attached hydrogens (tertiary/aromatic N) is 3. The Kier molecular flexibility index (Phi) is 4.70. The molecule has 20 heavy (non-hydrogen) atoms. The van der Waals surface area contributed by atoms with Crippen LogP contribution in [-0.4, -0.2) is 21.7 Å². The lowest BCUT2D eigenvalue weighted by Gasteiger charge is -2.23. The summed E-state index contributed by atoms with van der Waals surface area (Å²) in [4.78, 5) is 5.93. The molecular weight excluding hydrogens is 268 g/mol. The molecule has 108 valence electrons. The summed E-state index contributed by atoms with van der Waals surface area (Å²) >= 11 is 1.78. The molecule has 0 saturated heterocycles. The third-order valence-electron chi connectivity index (χ3n) is 3.39. The fraction of sp³-hybridized carbons (Fsp3) is 0.533. The highest BCUT2D eigenvalue weighted by Crippen LogP contribution is 2.27. The molecule has 4 nitrogen and oxygen atoms in total. The highest BCUT2D eigenvalue weighted by atomic mass is 32.1. The summed E-state index contributed by atoms with van der Waals surface area (Å²) < 4.78 is 0. The van der Waals surface area contributed by atoms with Gasteiger partial charge in [0.25, 0.3) is 0 Å². The third-order valence-corrected chi connectivity index (χ3v) is 4.62. The molecule has 2 aromatic rings. The molecule has 0 aliphatic rings. The Morgan fingerprint density at radius 3 is 2.50 bits per heavy atom. The SMILES string of the molecule is CCc1nnc(NCC(C)(C)c2cccs2)nc1CC. The first-order chi connectivity index (χ1) is 9.56. The van der Waals surface area contributed by atoms with Gasteiger partial charge < -0.3 is 5.32 Å². The van der Waals surface area contributed by atoms with Crippen LogP contribution in [0.5, 0.6) is 0 Å². The predicted octanol–water partition coefficient (Wildman–Crippen LogP) is 3.45. The van der Waals surface area contributed by atoms with Crippen molar-refractivity contribution < 1.29 is 0 Å². The van der Waals surface area contributed by atoms with Crippen molar-refractivity contribution in [3.05, 3.63) is 33.8 Å². The lowest BCUT2D eigenvalue weighted by molar-refractivity contribution is 0.565. The second kappa shape index (κ2) is 6.31. The van der Waals surface area contributed by atoms with Gasteiger partial charge >= 0.3 is 0 Å². The Balaban J connectivity index is 2.07. The highest BCUT2D eigenvalue weighted by Gasteiger charge is 2.22.